The van der Waals surface area contributed by atoms with E-state index in [2.05, 4.69) is 4.98 Å². The molecule has 0 aliphatic heterocycles. The second kappa shape index (κ2) is 5.77. The molecule has 0 bridgehead atoms. The average molecular weight is 339 g/mol. The first-order valence-electron chi connectivity index (χ1n) is 7.64. The highest BCUT2D eigenvalue weighted by molar-refractivity contribution is 5.76. The number of hydrogen-bond donors (Lipinski definition) is 0. The van der Waals surface area contributed by atoms with E-state index in [1.165, 1.54) is 12.1 Å². The normalized spacial score (nSPS) is 11.8. The highest BCUT2D eigenvalue weighted by Gasteiger charge is 2.29. The molecule has 0 aliphatic rings. The monoisotopic (exact) mass is 339 g/mol. The van der Waals surface area contributed by atoms with Crippen LogP contribution in [0.1, 0.15) is 5.56 Å². The van der Waals surface area contributed by atoms with E-state index >= 15 is 0 Å². The molecule has 0 radical (unpaired) electrons. The van der Waals surface area contributed by atoms with E-state index in [-0.39, 0.29) is 0 Å². The SMILES string of the molecule is FC(F)(F)c1ccc(-c2ccc(-c3nc4ccccc4o3)cc2)cc1. The Balaban J connectivity index is 1.63. The molecular weight excluding hydrogens is 327 g/mol. The molecule has 4 aromatic rings. The molecule has 3 aromatic carbocycles. The average Bonchev–Trinajstić information content (AvgIpc) is 3.05. The van der Waals surface area contributed by atoms with Crippen LogP contribution in [-0.2, 0) is 6.18 Å². The molecule has 0 saturated carbocycles. The molecular formula is C20H12F3NO. The van der Waals surface area contributed by atoms with Crippen molar-refractivity contribution in [3.63, 3.8) is 0 Å². The van der Waals surface area contributed by atoms with Crippen LogP contribution in [0, 0.1) is 0 Å². The number of aromatic nitrogens is 1. The van der Waals surface area contributed by atoms with Gasteiger partial charge in [0.05, 0.1) is 5.56 Å². The Hall–Kier alpha value is -3.08. The first kappa shape index (κ1) is 15.4. The molecule has 0 amide bonds. The smallest absolute Gasteiger partial charge is 0.416 e. The van der Waals surface area contributed by atoms with Gasteiger partial charge in [-0.3, -0.25) is 0 Å². The summed E-state index contributed by atoms with van der Waals surface area (Å²) in [5.41, 5.74) is 3.20. The van der Waals surface area contributed by atoms with Crippen LogP contribution in [0.2, 0.25) is 0 Å². The van der Waals surface area contributed by atoms with Crippen LogP contribution >= 0.6 is 0 Å². The predicted molar refractivity (Wildman–Crippen MR) is 89.9 cm³/mol. The standard InChI is InChI=1S/C20H12F3NO/c21-20(22,23)16-11-9-14(10-12-16)13-5-7-15(8-6-13)19-24-17-3-1-2-4-18(17)25-19/h1-12H. The summed E-state index contributed by atoms with van der Waals surface area (Å²) >= 11 is 0. The summed E-state index contributed by atoms with van der Waals surface area (Å²) in [6, 6.07) is 20.0. The molecule has 4 rings (SSSR count). The van der Waals surface area contributed by atoms with Gasteiger partial charge in [0.1, 0.15) is 5.52 Å². The van der Waals surface area contributed by atoms with Gasteiger partial charge in [-0.2, -0.15) is 13.2 Å². The Morgan fingerprint density at radius 3 is 1.84 bits per heavy atom. The van der Waals surface area contributed by atoms with E-state index in [0.29, 0.717) is 11.5 Å². The summed E-state index contributed by atoms with van der Waals surface area (Å²) < 4.78 is 43.6. The van der Waals surface area contributed by atoms with Crippen molar-refractivity contribution in [2.75, 3.05) is 0 Å². The first-order valence-corrected chi connectivity index (χ1v) is 7.64. The fraction of sp³-hybridized carbons (Fsp3) is 0.0500. The molecule has 124 valence electrons. The van der Waals surface area contributed by atoms with Crippen molar-refractivity contribution in [1.29, 1.82) is 0 Å². The summed E-state index contributed by atoms with van der Waals surface area (Å²) in [7, 11) is 0. The van der Waals surface area contributed by atoms with Gasteiger partial charge >= 0.3 is 6.18 Å². The fourth-order valence-corrected chi connectivity index (χ4v) is 2.65. The van der Waals surface area contributed by atoms with Crippen molar-refractivity contribution in [2.24, 2.45) is 0 Å². The maximum atomic E-state index is 12.6. The number of fused-ring (bicyclic) bond motifs is 1. The summed E-state index contributed by atoms with van der Waals surface area (Å²) in [5, 5.41) is 0. The van der Waals surface area contributed by atoms with Gasteiger partial charge in [-0.15, -0.1) is 0 Å². The highest BCUT2D eigenvalue weighted by atomic mass is 19.4. The number of para-hydroxylation sites is 2. The molecule has 0 aliphatic carbocycles. The first-order chi connectivity index (χ1) is 12.0. The van der Waals surface area contributed by atoms with Gasteiger partial charge in [0.15, 0.2) is 5.58 Å². The van der Waals surface area contributed by atoms with Crippen molar-refractivity contribution in [2.45, 2.75) is 6.18 Å². The lowest BCUT2D eigenvalue weighted by Crippen LogP contribution is -2.03. The fourth-order valence-electron chi connectivity index (χ4n) is 2.65. The van der Waals surface area contributed by atoms with Crippen molar-refractivity contribution < 1.29 is 17.6 Å². The third-order valence-corrected chi connectivity index (χ3v) is 3.97. The van der Waals surface area contributed by atoms with E-state index < -0.39 is 11.7 Å². The maximum Gasteiger partial charge on any atom is 0.416 e. The number of oxazole rings is 1. The zero-order valence-corrected chi connectivity index (χ0v) is 12.9. The van der Waals surface area contributed by atoms with Crippen molar-refractivity contribution in [3.05, 3.63) is 78.4 Å². The van der Waals surface area contributed by atoms with Crippen LogP contribution in [0.5, 0.6) is 0 Å². The number of benzene rings is 3. The third-order valence-electron chi connectivity index (χ3n) is 3.97. The zero-order valence-electron chi connectivity index (χ0n) is 12.9. The molecule has 1 aromatic heterocycles. The van der Waals surface area contributed by atoms with E-state index in [9.17, 15) is 13.2 Å². The molecule has 0 N–H and O–H groups in total. The predicted octanol–water partition coefficient (Wildman–Crippen LogP) is 6.18. The van der Waals surface area contributed by atoms with Crippen LogP contribution in [0.15, 0.2) is 77.2 Å². The molecule has 5 heteroatoms. The van der Waals surface area contributed by atoms with E-state index in [1.807, 2.05) is 48.5 Å². The zero-order chi connectivity index (χ0) is 17.4. The highest BCUT2D eigenvalue weighted by Crippen LogP contribution is 2.32. The largest absolute Gasteiger partial charge is 0.436 e. The molecule has 0 fully saturated rings. The number of nitrogens with zero attached hydrogens (tertiary/aromatic N) is 1. The number of rotatable bonds is 2. The third kappa shape index (κ3) is 3.01. The lowest BCUT2D eigenvalue weighted by atomic mass is 10.0. The minimum atomic E-state index is -4.32. The molecule has 0 atom stereocenters. The second-order valence-corrected chi connectivity index (χ2v) is 5.64. The van der Waals surface area contributed by atoms with Gasteiger partial charge < -0.3 is 4.42 Å². The molecule has 25 heavy (non-hydrogen) atoms. The summed E-state index contributed by atoms with van der Waals surface area (Å²) in [6.45, 7) is 0. The molecule has 0 unspecified atom stereocenters. The van der Waals surface area contributed by atoms with Crippen molar-refractivity contribution in [3.8, 4) is 22.6 Å². The Bertz CT molecular complexity index is 982. The van der Waals surface area contributed by atoms with Crippen LogP contribution in [0.3, 0.4) is 0 Å². The van der Waals surface area contributed by atoms with Crippen molar-refractivity contribution in [1.82, 2.24) is 4.98 Å². The summed E-state index contributed by atoms with van der Waals surface area (Å²) in [6.07, 6.45) is -4.32. The van der Waals surface area contributed by atoms with Crippen LogP contribution in [0.25, 0.3) is 33.7 Å². The van der Waals surface area contributed by atoms with Crippen LogP contribution in [0.4, 0.5) is 13.2 Å². The lowest BCUT2D eigenvalue weighted by Gasteiger charge is -2.08. The topological polar surface area (TPSA) is 26.0 Å². The van der Waals surface area contributed by atoms with Crippen LogP contribution < -0.4 is 0 Å². The number of hydrogen-bond acceptors (Lipinski definition) is 2. The van der Waals surface area contributed by atoms with Gasteiger partial charge in [-0.05, 0) is 47.5 Å². The summed E-state index contributed by atoms with van der Waals surface area (Å²) in [4.78, 5) is 4.43. The van der Waals surface area contributed by atoms with Gasteiger partial charge in [-0.25, -0.2) is 4.98 Å². The van der Waals surface area contributed by atoms with E-state index in [1.54, 1.807) is 0 Å². The Labute approximate surface area is 141 Å². The Morgan fingerprint density at radius 2 is 1.24 bits per heavy atom. The summed E-state index contributed by atoms with van der Waals surface area (Å²) in [5.74, 6) is 0.514. The molecule has 2 nitrogen and oxygen atoms in total. The Morgan fingerprint density at radius 1 is 0.680 bits per heavy atom. The minimum Gasteiger partial charge on any atom is -0.436 e. The van der Waals surface area contributed by atoms with Gasteiger partial charge in [-0.1, -0.05) is 36.4 Å². The maximum absolute atomic E-state index is 12.6. The molecule has 0 spiro atoms. The van der Waals surface area contributed by atoms with E-state index in [0.717, 1.165) is 34.3 Å². The molecule has 1 heterocycles. The Kier molecular flexibility index (Phi) is 3.57. The lowest BCUT2D eigenvalue weighted by molar-refractivity contribution is -0.137. The molecule has 0 saturated heterocycles. The second-order valence-electron chi connectivity index (χ2n) is 5.64. The van der Waals surface area contributed by atoms with Gasteiger partial charge in [0.25, 0.3) is 0 Å². The number of alkyl halides is 3. The minimum absolute atomic E-state index is 0.514. The van der Waals surface area contributed by atoms with E-state index in [4.69, 9.17) is 4.42 Å². The quantitative estimate of drug-likeness (QED) is 0.436. The van der Waals surface area contributed by atoms with Crippen molar-refractivity contribution >= 4 is 11.1 Å². The van der Waals surface area contributed by atoms with Crippen LogP contribution in [-0.4, -0.2) is 4.98 Å². The van der Waals surface area contributed by atoms with Gasteiger partial charge in [0, 0.05) is 5.56 Å². The van der Waals surface area contributed by atoms with Gasteiger partial charge in [0.2, 0.25) is 5.89 Å². The number of halogens is 3.